The first kappa shape index (κ1) is 18.9. The third kappa shape index (κ3) is 4.48. The van der Waals surface area contributed by atoms with E-state index >= 15 is 0 Å². The summed E-state index contributed by atoms with van der Waals surface area (Å²) in [5, 5.41) is 10.1. The lowest BCUT2D eigenvalue weighted by atomic mass is 10.2. The van der Waals surface area contributed by atoms with Crippen LogP contribution in [0.15, 0.2) is 60.9 Å². The summed E-state index contributed by atoms with van der Waals surface area (Å²) in [6.45, 7) is 1.75. The first-order chi connectivity index (χ1) is 13.0. The van der Waals surface area contributed by atoms with Gasteiger partial charge in [-0.15, -0.1) is 0 Å². The number of carbonyl (C=O) groups excluding carboxylic acids is 2. The predicted octanol–water partition coefficient (Wildman–Crippen LogP) is 4.64. The Bertz CT molecular complexity index is 974. The van der Waals surface area contributed by atoms with Crippen molar-refractivity contribution in [3.63, 3.8) is 0 Å². The summed E-state index contributed by atoms with van der Waals surface area (Å²) in [6, 6.07) is 12.9. The van der Waals surface area contributed by atoms with E-state index in [1.54, 1.807) is 72.5 Å². The normalized spacial score (nSPS) is 11.7. The second-order valence-corrected chi connectivity index (χ2v) is 6.57. The average molecular weight is 403 g/mol. The summed E-state index contributed by atoms with van der Waals surface area (Å²) >= 11 is 12.0. The molecule has 0 bridgehead atoms. The summed E-state index contributed by atoms with van der Waals surface area (Å²) in [6.07, 6.45) is 3.33. The molecule has 0 unspecified atom stereocenters. The van der Waals surface area contributed by atoms with Gasteiger partial charge >= 0.3 is 0 Å². The van der Waals surface area contributed by atoms with Crippen LogP contribution in [0.25, 0.3) is 0 Å². The third-order valence-corrected chi connectivity index (χ3v) is 4.70. The van der Waals surface area contributed by atoms with Crippen LogP contribution in [0.3, 0.4) is 0 Å². The lowest BCUT2D eigenvalue weighted by Gasteiger charge is -2.14. The van der Waals surface area contributed by atoms with Crippen LogP contribution in [0.1, 0.15) is 23.3 Å². The molecule has 1 heterocycles. The fourth-order valence-electron chi connectivity index (χ4n) is 2.43. The van der Waals surface area contributed by atoms with E-state index in [0.717, 1.165) is 0 Å². The van der Waals surface area contributed by atoms with Crippen LogP contribution < -0.4 is 10.6 Å². The molecule has 2 N–H and O–H groups in total. The lowest BCUT2D eigenvalue weighted by Crippen LogP contribution is -2.24. The van der Waals surface area contributed by atoms with Gasteiger partial charge in [0, 0.05) is 23.8 Å². The van der Waals surface area contributed by atoms with Crippen molar-refractivity contribution in [2.45, 2.75) is 13.0 Å². The largest absolute Gasteiger partial charge is 0.324 e. The van der Waals surface area contributed by atoms with E-state index in [2.05, 4.69) is 15.7 Å². The molecule has 0 aliphatic heterocycles. The maximum absolute atomic E-state index is 12.4. The number of benzene rings is 2. The van der Waals surface area contributed by atoms with Crippen molar-refractivity contribution in [2.24, 2.45) is 0 Å². The van der Waals surface area contributed by atoms with Crippen molar-refractivity contribution in [1.82, 2.24) is 9.78 Å². The smallest absolute Gasteiger partial charge is 0.257 e. The standard InChI is InChI=1S/C19H16Cl2N4O2/c1-12(25-10-4-9-22-25)18(26)23-13-5-2-6-14(11-13)24-19(27)15-7-3-8-16(20)17(15)21/h2-12H,1H3,(H,23,26)(H,24,27)/t12-/m1/s1. The number of halogens is 2. The van der Waals surface area contributed by atoms with Gasteiger partial charge in [0.1, 0.15) is 6.04 Å². The summed E-state index contributed by atoms with van der Waals surface area (Å²) in [4.78, 5) is 24.8. The molecule has 2 amide bonds. The maximum Gasteiger partial charge on any atom is 0.257 e. The molecule has 2 aromatic carbocycles. The first-order valence-corrected chi connectivity index (χ1v) is 8.86. The highest BCUT2D eigenvalue weighted by molar-refractivity contribution is 6.44. The second-order valence-electron chi connectivity index (χ2n) is 5.79. The first-order valence-electron chi connectivity index (χ1n) is 8.11. The summed E-state index contributed by atoms with van der Waals surface area (Å²) in [7, 11) is 0. The molecule has 0 aliphatic carbocycles. The minimum atomic E-state index is -0.469. The van der Waals surface area contributed by atoms with Gasteiger partial charge in [-0.1, -0.05) is 35.3 Å². The van der Waals surface area contributed by atoms with Gasteiger partial charge in [0.05, 0.1) is 15.6 Å². The maximum atomic E-state index is 12.4. The Balaban J connectivity index is 1.71. The molecule has 1 aromatic heterocycles. The van der Waals surface area contributed by atoms with Crippen molar-refractivity contribution < 1.29 is 9.59 Å². The molecule has 138 valence electrons. The van der Waals surface area contributed by atoms with E-state index in [1.165, 1.54) is 0 Å². The van der Waals surface area contributed by atoms with Gasteiger partial charge in [-0.3, -0.25) is 14.3 Å². The molecular weight excluding hydrogens is 387 g/mol. The Kier molecular flexibility index (Phi) is 5.78. The molecular formula is C19H16Cl2N4O2. The zero-order valence-electron chi connectivity index (χ0n) is 14.3. The van der Waals surface area contributed by atoms with Gasteiger partial charge in [0.15, 0.2) is 0 Å². The van der Waals surface area contributed by atoms with E-state index in [9.17, 15) is 9.59 Å². The topological polar surface area (TPSA) is 76.0 Å². The molecule has 27 heavy (non-hydrogen) atoms. The van der Waals surface area contributed by atoms with E-state index in [4.69, 9.17) is 23.2 Å². The van der Waals surface area contributed by atoms with Gasteiger partial charge in [-0.05, 0) is 43.3 Å². The van der Waals surface area contributed by atoms with E-state index in [0.29, 0.717) is 16.4 Å². The zero-order chi connectivity index (χ0) is 19.4. The summed E-state index contributed by atoms with van der Waals surface area (Å²) < 4.78 is 1.56. The molecule has 3 aromatic rings. The Morgan fingerprint density at radius 1 is 1.04 bits per heavy atom. The Hall–Kier alpha value is -2.83. The fraction of sp³-hybridized carbons (Fsp3) is 0.105. The Labute approximate surface area is 166 Å². The molecule has 0 saturated carbocycles. The van der Waals surface area contributed by atoms with Crippen molar-refractivity contribution in [2.75, 3.05) is 10.6 Å². The van der Waals surface area contributed by atoms with Crippen LogP contribution in [0.5, 0.6) is 0 Å². The minimum absolute atomic E-state index is 0.189. The number of amides is 2. The predicted molar refractivity (Wildman–Crippen MR) is 106 cm³/mol. The summed E-state index contributed by atoms with van der Waals surface area (Å²) in [5.41, 5.74) is 1.33. The van der Waals surface area contributed by atoms with E-state index < -0.39 is 11.9 Å². The minimum Gasteiger partial charge on any atom is -0.324 e. The number of nitrogens with one attached hydrogen (secondary N) is 2. The third-order valence-electron chi connectivity index (χ3n) is 3.89. The molecule has 0 aliphatic rings. The van der Waals surface area contributed by atoms with Crippen molar-refractivity contribution in [1.29, 1.82) is 0 Å². The second kappa shape index (κ2) is 8.24. The Morgan fingerprint density at radius 3 is 2.44 bits per heavy atom. The number of carbonyl (C=O) groups is 2. The van der Waals surface area contributed by atoms with Crippen LogP contribution in [0.2, 0.25) is 10.0 Å². The number of hydrogen-bond donors (Lipinski definition) is 2. The van der Waals surface area contributed by atoms with Crippen LogP contribution in [0.4, 0.5) is 11.4 Å². The fourth-order valence-corrected chi connectivity index (χ4v) is 2.82. The number of rotatable bonds is 5. The van der Waals surface area contributed by atoms with Gasteiger partial charge in [0.25, 0.3) is 5.91 Å². The molecule has 6 nitrogen and oxygen atoms in total. The van der Waals surface area contributed by atoms with Gasteiger partial charge in [-0.2, -0.15) is 5.10 Å². The number of hydrogen-bond acceptors (Lipinski definition) is 3. The van der Waals surface area contributed by atoms with Crippen LogP contribution in [0, 0.1) is 0 Å². The lowest BCUT2D eigenvalue weighted by molar-refractivity contribution is -0.119. The van der Waals surface area contributed by atoms with Gasteiger partial charge < -0.3 is 10.6 Å². The van der Waals surface area contributed by atoms with Gasteiger partial charge in [-0.25, -0.2) is 0 Å². The van der Waals surface area contributed by atoms with E-state index in [-0.39, 0.29) is 16.5 Å². The van der Waals surface area contributed by atoms with Crippen LogP contribution in [-0.2, 0) is 4.79 Å². The van der Waals surface area contributed by atoms with Crippen LogP contribution >= 0.6 is 23.2 Å². The molecule has 0 fully saturated rings. The highest BCUT2D eigenvalue weighted by atomic mass is 35.5. The van der Waals surface area contributed by atoms with Crippen molar-refractivity contribution in [3.05, 3.63) is 76.5 Å². The van der Waals surface area contributed by atoms with Crippen molar-refractivity contribution in [3.8, 4) is 0 Å². The quantitative estimate of drug-likeness (QED) is 0.652. The molecule has 0 saturated heterocycles. The van der Waals surface area contributed by atoms with Gasteiger partial charge in [0.2, 0.25) is 5.91 Å². The number of aromatic nitrogens is 2. The molecule has 3 rings (SSSR count). The number of anilines is 2. The highest BCUT2D eigenvalue weighted by Crippen LogP contribution is 2.26. The van der Waals surface area contributed by atoms with Crippen molar-refractivity contribution >= 4 is 46.4 Å². The summed E-state index contributed by atoms with van der Waals surface area (Å²) in [5.74, 6) is -0.615. The number of nitrogens with zero attached hydrogens (tertiary/aromatic N) is 2. The average Bonchev–Trinajstić information content (AvgIpc) is 3.18. The SMILES string of the molecule is C[C@H](C(=O)Nc1cccc(NC(=O)c2cccc(Cl)c2Cl)c1)n1cccn1. The highest BCUT2D eigenvalue weighted by Gasteiger charge is 2.16. The molecule has 1 atom stereocenters. The molecule has 8 heteroatoms. The Morgan fingerprint density at radius 2 is 1.74 bits per heavy atom. The monoisotopic (exact) mass is 402 g/mol. The zero-order valence-corrected chi connectivity index (χ0v) is 15.8. The molecule has 0 spiro atoms. The van der Waals surface area contributed by atoms with E-state index in [1.807, 2.05) is 0 Å². The molecule has 0 radical (unpaired) electrons. The van der Waals surface area contributed by atoms with Crippen LogP contribution in [-0.4, -0.2) is 21.6 Å².